The van der Waals surface area contributed by atoms with Crippen LogP contribution in [0.3, 0.4) is 0 Å². The second-order valence-corrected chi connectivity index (χ2v) is 8.50. The van der Waals surface area contributed by atoms with Crippen molar-refractivity contribution < 1.29 is 9.53 Å². The van der Waals surface area contributed by atoms with Crippen LogP contribution in [-0.2, 0) is 4.79 Å². The number of rotatable bonds is 5. The Morgan fingerprint density at radius 1 is 1.10 bits per heavy atom. The average Bonchev–Trinajstić information content (AvgIpc) is 3.04. The van der Waals surface area contributed by atoms with Crippen LogP contribution in [0.1, 0.15) is 45.7 Å². The van der Waals surface area contributed by atoms with Crippen LogP contribution in [0, 0.1) is 19.3 Å². The number of carbonyl (C=O) groups excluding carboxylic acids is 1. The smallest absolute Gasteiger partial charge is 0.316 e. The predicted molar refractivity (Wildman–Crippen MR) is 120 cm³/mol. The van der Waals surface area contributed by atoms with Crippen molar-refractivity contribution in [2.45, 2.75) is 48.5 Å². The minimum absolute atomic E-state index is 0.266. The van der Waals surface area contributed by atoms with E-state index in [2.05, 4.69) is 55.8 Å². The molecule has 0 bridgehead atoms. The summed E-state index contributed by atoms with van der Waals surface area (Å²) < 4.78 is 5.86. The third-order valence-electron chi connectivity index (χ3n) is 5.26. The van der Waals surface area contributed by atoms with Gasteiger partial charge in [-0.3, -0.25) is 4.79 Å². The number of aromatic amines is 1. The van der Waals surface area contributed by atoms with Gasteiger partial charge in [-0.15, -0.1) is 0 Å². The molecule has 154 valence electrons. The quantitative estimate of drug-likeness (QED) is 0.450. The van der Waals surface area contributed by atoms with E-state index in [1.807, 2.05) is 32.9 Å². The molecule has 0 saturated heterocycles. The van der Waals surface area contributed by atoms with Crippen molar-refractivity contribution >= 4 is 22.7 Å². The van der Waals surface area contributed by atoms with Crippen molar-refractivity contribution in [1.29, 1.82) is 0 Å². The summed E-state index contributed by atoms with van der Waals surface area (Å²) in [5, 5.41) is 0. The van der Waals surface area contributed by atoms with E-state index in [4.69, 9.17) is 9.72 Å². The Morgan fingerprint density at radius 2 is 1.76 bits per heavy atom. The van der Waals surface area contributed by atoms with Crippen molar-refractivity contribution in [2.24, 2.45) is 5.41 Å². The maximum atomic E-state index is 12.6. The molecule has 3 rings (SSSR count). The lowest BCUT2D eigenvalue weighted by molar-refractivity contribution is -0.142. The number of nitrogens with zero attached hydrogens (tertiary/aromatic N) is 2. The highest BCUT2D eigenvalue weighted by molar-refractivity contribution is 5.89. The monoisotopic (exact) mass is 393 g/mol. The van der Waals surface area contributed by atoms with Gasteiger partial charge in [-0.25, -0.2) is 4.98 Å². The molecule has 2 aromatic carbocycles. The molecule has 1 aromatic heterocycles. The second-order valence-electron chi connectivity index (χ2n) is 8.50. The fraction of sp³-hybridized carbons (Fsp3) is 0.417. The number of aromatic nitrogens is 2. The number of H-pyrrole nitrogens is 1. The summed E-state index contributed by atoms with van der Waals surface area (Å²) in [6, 6.07) is 10.0. The summed E-state index contributed by atoms with van der Waals surface area (Å²) >= 11 is 0. The number of aryl methyl sites for hydroxylation is 2. The Kier molecular flexibility index (Phi) is 5.69. The van der Waals surface area contributed by atoms with E-state index in [1.165, 1.54) is 11.1 Å². The van der Waals surface area contributed by atoms with Gasteiger partial charge in [-0.2, -0.15) is 0 Å². The van der Waals surface area contributed by atoms with E-state index in [0.717, 1.165) is 35.4 Å². The van der Waals surface area contributed by atoms with Crippen LogP contribution < -0.4 is 9.64 Å². The Morgan fingerprint density at radius 3 is 2.38 bits per heavy atom. The third-order valence-corrected chi connectivity index (χ3v) is 5.26. The summed E-state index contributed by atoms with van der Waals surface area (Å²) in [7, 11) is 0. The zero-order valence-corrected chi connectivity index (χ0v) is 18.5. The normalized spacial score (nSPS) is 11.7. The highest BCUT2D eigenvalue weighted by Gasteiger charge is 2.27. The first kappa shape index (κ1) is 20.9. The maximum Gasteiger partial charge on any atom is 0.316 e. The molecule has 0 amide bonds. The van der Waals surface area contributed by atoms with Gasteiger partial charge in [0.05, 0.1) is 27.7 Å². The summed E-state index contributed by atoms with van der Waals surface area (Å²) in [5.74, 6) is 0.976. The van der Waals surface area contributed by atoms with Gasteiger partial charge in [0.1, 0.15) is 11.6 Å². The number of hydrogen-bond acceptors (Lipinski definition) is 4. The molecule has 1 N–H and O–H groups in total. The van der Waals surface area contributed by atoms with E-state index in [1.54, 1.807) is 0 Å². The van der Waals surface area contributed by atoms with Gasteiger partial charge < -0.3 is 14.6 Å². The van der Waals surface area contributed by atoms with Crippen LogP contribution in [0.4, 0.5) is 5.69 Å². The van der Waals surface area contributed by atoms with Gasteiger partial charge >= 0.3 is 5.97 Å². The van der Waals surface area contributed by atoms with E-state index < -0.39 is 5.41 Å². The van der Waals surface area contributed by atoms with E-state index in [-0.39, 0.29) is 5.97 Å². The summed E-state index contributed by atoms with van der Waals surface area (Å²) in [5.41, 5.74) is 5.53. The first-order chi connectivity index (χ1) is 13.7. The van der Waals surface area contributed by atoms with Crippen molar-refractivity contribution in [3.05, 3.63) is 41.5 Å². The van der Waals surface area contributed by atoms with Crippen LogP contribution in [0.5, 0.6) is 5.75 Å². The Balaban J connectivity index is 2.22. The molecule has 29 heavy (non-hydrogen) atoms. The summed E-state index contributed by atoms with van der Waals surface area (Å²) in [4.78, 5) is 23.2. The first-order valence-electron chi connectivity index (χ1n) is 10.2. The molecule has 0 aliphatic rings. The molecule has 0 atom stereocenters. The van der Waals surface area contributed by atoms with E-state index in [0.29, 0.717) is 11.6 Å². The first-order valence-corrected chi connectivity index (χ1v) is 10.2. The Bertz CT molecular complexity index is 1000. The number of nitrogens with one attached hydrogen (secondary N) is 1. The fourth-order valence-electron chi connectivity index (χ4n) is 3.31. The van der Waals surface area contributed by atoms with Crippen LogP contribution in [-0.4, -0.2) is 29.0 Å². The summed E-state index contributed by atoms with van der Waals surface area (Å²) in [6.07, 6.45) is 0. The van der Waals surface area contributed by atoms with Gasteiger partial charge in [0.25, 0.3) is 0 Å². The number of fused-ring (bicyclic) bond motifs is 1. The topological polar surface area (TPSA) is 58.2 Å². The van der Waals surface area contributed by atoms with E-state index >= 15 is 0 Å². The number of anilines is 1. The lowest BCUT2D eigenvalue weighted by Gasteiger charge is -2.25. The predicted octanol–water partition coefficient (Wildman–Crippen LogP) is 5.64. The zero-order valence-electron chi connectivity index (χ0n) is 18.5. The number of ether oxygens (including phenoxy) is 1. The fourth-order valence-corrected chi connectivity index (χ4v) is 3.31. The largest absolute Gasteiger partial charge is 0.425 e. The molecule has 0 unspecified atom stereocenters. The number of carbonyl (C=O) groups is 1. The van der Waals surface area contributed by atoms with E-state index in [9.17, 15) is 4.79 Å². The summed E-state index contributed by atoms with van der Waals surface area (Å²) in [6.45, 7) is 15.7. The molecule has 0 radical (unpaired) electrons. The Labute approximate surface area is 173 Å². The van der Waals surface area contributed by atoms with Crippen LogP contribution in [0.15, 0.2) is 30.3 Å². The molecule has 0 fully saturated rings. The zero-order chi connectivity index (χ0) is 21.3. The van der Waals surface area contributed by atoms with Gasteiger partial charge in [-0.1, -0.05) is 6.07 Å². The highest BCUT2D eigenvalue weighted by atomic mass is 16.5. The second kappa shape index (κ2) is 7.90. The van der Waals surface area contributed by atoms with Crippen molar-refractivity contribution in [3.63, 3.8) is 0 Å². The number of benzene rings is 2. The van der Waals surface area contributed by atoms with Crippen LogP contribution >= 0.6 is 0 Å². The molecular formula is C24H31N3O2. The number of esters is 1. The lowest BCUT2D eigenvalue weighted by Crippen LogP contribution is -2.26. The number of imidazole rings is 1. The van der Waals surface area contributed by atoms with Crippen molar-refractivity contribution in [2.75, 3.05) is 18.0 Å². The van der Waals surface area contributed by atoms with Crippen molar-refractivity contribution in [3.8, 4) is 17.1 Å². The molecule has 5 nitrogen and oxygen atoms in total. The highest BCUT2D eigenvalue weighted by Crippen LogP contribution is 2.39. The minimum atomic E-state index is -0.593. The van der Waals surface area contributed by atoms with Crippen LogP contribution in [0.25, 0.3) is 22.4 Å². The third kappa shape index (κ3) is 4.14. The average molecular weight is 394 g/mol. The molecule has 0 aliphatic heterocycles. The maximum absolute atomic E-state index is 12.6. The molecule has 3 aromatic rings. The minimum Gasteiger partial charge on any atom is -0.425 e. The van der Waals surface area contributed by atoms with Crippen molar-refractivity contribution in [1.82, 2.24) is 9.97 Å². The van der Waals surface area contributed by atoms with Crippen LogP contribution in [0.2, 0.25) is 0 Å². The molecule has 0 spiro atoms. The standard InChI is InChI=1S/C24H31N3O2/c1-8-27(9-2)19-11-10-12-20(29-23(28)24(5,6)7)21(19)22-25-17-13-15(3)16(4)14-18(17)26-22/h10-14H,8-9H2,1-7H3,(H,25,26). The molecule has 0 aliphatic carbocycles. The van der Waals surface area contributed by atoms with Gasteiger partial charge in [0.15, 0.2) is 0 Å². The molecule has 0 saturated carbocycles. The Hall–Kier alpha value is -2.82. The van der Waals surface area contributed by atoms with Gasteiger partial charge in [0, 0.05) is 13.1 Å². The molecular weight excluding hydrogens is 362 g/mol. The van der Waals surface area contributed by atoms with Gasteiger partial charge in [-0.05, 0) is 83.9 Å². The van der Waals surface area contributed by atoms with Gasteiger partial charge in [0.2, 0.25) is 0 Å². The SMILES string of the molecule is CCN(CC)c1cccc(OC(=O)C(C)(C)C)c1-c1nc2cc(C)c(C)cc2[nH]1. The molecule has 5 heteroatoms. The molecule has 1 heterocycles. The lowest BCUT2D eigenvalue weighted by atomic mass is 9.97. The number of hydrogen-bond donors (Lipinski definition) is 1.